The highest BCUT2D eigenvalue weighted by atomic mass is 16.5. The van der Waals surface area contributed by atoms with Crippen LogP contribution in [0.1, 0.15) is 23.1 Å². The first kappa shape index (κ1) is 15.4. The van der Waals surface area contributed by atoms with Gasteiger partial charge in [0, 0.05) is 25.2 Å². The van der Waals surface area contributed by atoms with Crippen molar-refractivity contribution in [1.29, 1.82) is 0 Å². The molecule has 0 bridgehead atoms. The molecule has 0 spiro atoms. The molecule has 1 fully saturated rings. The van der Waals surface area contributed by atoms with Crippen molar-refractivity contribution in [3.8, 4) is 5.75 Å². The zero-order valence-corrected chi connectivity index (χ0v) is 13.0. The Morgan fingerprint density at radius 3 is 2.96 bits per heavy atom. The van der Waals surface area contributed by atoms with Gasteiger partial charge >= 0.3 is 0 Å². The smallest absolute Gasteiger partial charge is 0.254 e. The van der Waals surface area contributed by atoms with E-state index in [1.54, 1.807) is 21.7 Å². The molecule has 8 nitrogen and oxygen atoms in total. The molecule has 8 heteroatoms. The monoisotopic (exact) mass is 317 g/mol. The summed E-state index contributed by atoms with van der Waals surface area (Å²) in [6.45, 7) is 5.31. The average molecular weight is 317 g/mol. The number of carbonyl (C=O) groups is 1. The number of aromatic nitrogens is 4. The molecule has 1 aliphatic heterocycles. The second-order valence-corrected chi connectivity index (χ2v) is 5.13. The summed E-state index contributed by atoms with van der Waals surface area (Å²) in [5, 5.41) is 11.4. The van der Waals surface area contributed by atoms with Crippen LogP contribution in [-0.2, 0) is 17.9 Å². The molecular weight excluding hydrogens is 298 g/mol. The van der Waals surface area contributed by atoms with Gasteiger partial charge in [-0.15, -0.1) is 5.10 Å². The molecular formula is C15H19N5O3. The van der Waals surface area contributed by atoms with Crippen LogP contribution >= 0.6 is 0 Å². The lowest BCUT2D eigenvalue weighted by atomic mass is 10.2. The highest BCUT2D eigenvalue weighted by Gasteiger charge is 2.18. The standard InChI is InChI=1S/C15H19N5O3/c1-2-20-14(16-17-18-20)11-23-13-5-3-4-12(10-13)15(21)19-6-8-22-9-7-19/h3-5,10H,2,6-9,11H2,1H3. The van der Waals surface area contributed by atoms with Crippen LogP contribution in [0.2, 0.25) is 0 Å². The third-order valence-corrected chi connectivity index (χ3v) is 3.65. The minimum absolute atomic E-state index is 0.00265. The van der Waals surface area contributed by atoms with E-state index in [-0.39, 0.29) is 12.5 Å². The van der Waals surface area contributed by atoms with Crippen molar-refractivity contribution in [3.63, 3.8) is 0 Å². The van der Waals surface area contributed by atoms with Gasteiger partial charge in [0.2, 0.25) is 0 Å². The highest BCUT2D eigenvalue weighted by Crippen LogP contribution is 2.16. The highest BCUT2D eigenvalue weighted by molar-refractivity contribution is 5.94. The number of morpholine rings is 1. The Balaban J connectivity index is 1.66. The fraction of sp³-hybridized carbons (Fsp3) is 0.467. The Morgan fingerprint density at radius 2 is 2.17 bits per heavy atom. The van der Waals surface area contributed by atoms with Gasteiger partial charge in [-0.25, -0.2) is 4.68 Å². The number of rotatable bonds is 5. The molecule has 0 saturated carbocycles. The van der Waals surface area contributed by atoms with Crippen LogP contribution in [0.15, 0.2) is 24.3 Å². The maximum atomic E-state index is 12.5. The number of benzene rings is 1. The van der Waals surface area contributed by atoms with Crippen LogP contribution < -0.4 is 4.74 Å². The Hall–Kier alpha value is -2.48. The molecule has 0 atom stereocenters. The number of amides is 1. The van der Waals surface area contributed by atoms with Crippen molar-refractivity contribution in [1.82, 2.24) is 25.1 Å². The molecule has 1 aromatic carbocycles. The van der Waals surface area contributed by atoms with E-state index in [0.717, 1.165) is 0 Å². The van der Waals surface area contributed by atoms with Gasteiger partial charge in [0.1, 0.15) is 12.4 Å². The van der Waals surface area contributed by atoms with E-state index >= 15 is 0 Å². The number of aryl methyl sites for hydroxylation is 1. The van der Waals surface area contributed by atoms with Crippen molar-refractivity contribution in [3.05, 3.63) is 35.7 Å². The summed E-state index contributed by atoms with van der Waals surface area (Å²) in [7, 11) is 0. The van der Waals surface area contributed by atoms with E-state index in [0.29, 0.717) is 50.0 Å². The van der Waals surface area contributed by atoms with Gasteiger partial charge in [-0.2, -0.15) is 0 Å². The molecule has 122 valence electrons. The second kappa shape index (κ2) is 7.19. The first-order chi connectivity index (χ1) is 11.3. The Labute approximate surface area is 134 Å². The zero-order chi connectivity index (χ0) is 16.1. The summed E-state index contributed by atoms with van der Waals surface area (Å²) >= 11 is 0. The lowest BCUT2D eigenvalue weighted by Gasteiger charge is -2.26. The Bertz CT molecular complexity index is 667. The van der Waals surface area contributed by atoms with Gasteiger partial charge in [-0.3, -0.25) is 4.79 Å². The predicted molar refractivity (Wildman–Crippen MR) is 81.0 cm³/mol. The molecule has 0 radical (unpaired) electrons. The Kier molecular flexibility index (Phi) is 4.82. The molecule has 2 heterocycles. The SMILES string of the molecule is CCn1nnnc1COc1cccc(C(=O)N2CCOCC2)c1. The minimum Gasteiger partial charge on any atom is -0.486 e. The summed E-state index contributed by atoms with van der Waals surface area (Å²) in [4.78, 5) is 14.3. The van der Waals surface area contributed by atoms with E-state index in [4.69, 9.17) is 9.47 Å². The molecule has 2 aromatic rings. The van der Waals surface area contributed by atoms with Gasteiger partial charge in [0.15, 0.2) is 5.82 Å². The molecule has 1 saturated heterocycles. The van der Waals surface area contributed by atoms with E-state index in [1.807, 2.05) is 19.1 Å². The third-order valence-electron chi connectivity index (χ3n) is 3.65. The van der Waals surface area contributed by atoms with Crippen LogP contribution in [0.4, 0.5) is 0 Å². The summed E-state index contributed by atoms with van der Waals surface area (Å²) in [6, 6.07) is 7.17. The topological polar surface area (TPSA) is 82.4 Å². The summed E-state index contributed by atoms with van der Waals surface area (Å²) < 4.78 is 12.7. The molecule has 1 aromatic heterocycles. The van der Waals surface area contributed by atoms with E-state index in [2.05, 4.69) is 15.5 Å². The van der Waals surface area contributed by atoms with Gasteiger partial charge in [-0.1, -0.05) is 6.07 Å². The number of tetrazole rings is 1. The lowest BCUT2D eigenvalue weighted by molar-refractivity contribution is 0.0302. The first-order valence-electron chi connectivity index (χ1n) is 7.63. The van der Waals surface area contributed by atoms with Crippen molar-refractivity contribution < 1.29 is 14.3 Å². The van der Waals surface area contributed by atoms with Gasteiger partial charge in [0.05, 0.1) is 13.2 Å². The van der Waals surface area contributed by atoms with Crippen molar-refractivity contribution in [2.24, 2.45) is 0 Å². The number of hydrogen-bond donors (Lipinski definition) is 0. The maximum absolute atomic E-state index is 12.5. The molecule has 1 amide bonds. The van der Waals surface area contributed by atoms with Crippen LogP contribution in [0.3, 0.4) is 0 Å². The quantitative estimate of drug-likeness (QED) is 0.809. The zero-order valence-electron chi connectivity index (χ0n) is 13.0. The van der Waals surface area contributed by atoms with Gasteiger partial charge < -0.3 is 14.4 Å². The van der Waals surface area contributed by atoms with Crippen molar-refractivity contribution in [2.45, 2.75) is 20.1 Å². The van der Waals surface area contributed by atoms with E-state index in [9.17, 15) is 4.79 Å². The number of nitrogens with zero attached hydrogens (tertiary/aromatic N) is 5. The van der Waals surface area contributed by atoms with Crippen LogP contribution in [-0.4, -0.2) is 57.3 Å². The summed E-state index contributed by atoms with van der Waals surface area (Å²) in [6.07, 6.45) is 0. The summed E-state index contributed by atoms with van der Waals surface area (Å²) in [5.41, 5.74) is 0.611. The molecule has 0 aliphatic carbocycles. The van der Waals surface area contributed by atoms with E-state index < -0.39 is 0 Å². The lowest BCUT2D eigenvalue weighted by Crippen LogP contribution is -2.40. The number of carbonyl (C=O) groups excluding carboxylic acids is 1. The molecule has 0 N–H and O–H groups in total. The van der Waals surface area contributed by atoms with Gasteiger partial charge in [0.25, 0.3) is 5.91 Å². The molecule has 0 unspecified atom stereocenters. The minimum atomic E-state index is -0.00265. The van der Waals surface area contributed by atoms with Crippen LogP contribution in [0.5, 0.6) is 5.75 Å². The van der Waals surface area contributed by atoms with Gasteiger partial charge in [-0.05, 0) is 35.5 Å². The largest absolute Gasteiger partial charge is 0.486 e. The first-order valence-corrected chi connectivity index (χ1v) is 7.63. The average Bonchev–Trinajstić information content (AvgIpc) is 3.08. The number of hydrogen-bond acceptors (Lipinski definition) is 6. The normalized spacial score (nSPS) is 14.7. The third kappa shape index (κ3) is 3.65. The second-order valence-electron chi connectivity index (χ2n) is 5.13. The maximum Gasteiger partial charge on any atom is 0.254 e. The predicted octanol–water partition coefficient (Wildman–Crippen LogP) is 0.744. The summed E-state index contributed by atoms with van der Waals surface area (Å²) in [5.74, 6) is 1.27. The number of ether oxygens (including phenoxy) is 2. The molecule has 23 heavy (non-hydrogen) atoms. The van der Waals surface area contributed by atoms with Crippen LogP contribution in [0.25, 0.3) is 0 Å². The fourth-order valence-corrected chi connectivity index (χ4v) is 2.39. The molecule has 1 aliphatic rings. The van der Waals surface area contributed by atoms with Crippen molar-refractivity contribution in [2.75, 3.05) is 26.3 Å². The fourth-order valence-electron chi connectivity index (χ4n) is 2.39. The van der Waals surface area contributed by atoms with E-state index in [1.165, 1.54) is 0 Å². The van der Waals surface area contributed by atoms with Crippen LogP contribution in [0, 0.1) is 0 Å². The molecule has 3 rings (SSSR count). The van der Waals surface area contributed by atoms with Crippen molar-refractivity contribution >= 4 is 5.91 Å². The Morgan fingerprint density at radius 1 is 1.35 bits per heavy atom.